The van der Waals surface area contributed by atoms with Gasteiger partial charge in [-0.1, -0.05) is 12.1 Å². The van der Waals surface area contributed by atoms with Gasteiger partial charge in [0, 0.05) is 0 Å². The Balaban J connectivity index is 1.28. The average molecular weight is 591 g/mol. The molecule has 0 saturated heterocycles. The van der Waals surface area contributed by atoms with Crippen molar-refractivity contribution in [1.82, 2.24) is 4.98 Å². The third-order valence-electron chi connectivity index (χ3n) is 7.37. The van der Waals surface area contributed by atoms with Gasteiger partial charge < -0.3 is 0 Å². The molecule has 6 rings (SSSR count). The van der Waals surface area contributed by atoms with E-state index >= 15 is 0 Å². The number of hydrogen-bond donors (Lipinski definition) is 1. The van der Waals surface area contributed by atoms with E-state index in [1.54, 1.807) is 0 Å². The predicted molar refractivity (Wildman–Crippen MR) is 153 cm³/mol. The van der Waals surface area contributed by atoms with Crippen molar-refractivity contribution in [2.75, 3.05) is 0 Å². The quantitative estimate of drug-likeness (QED) is 0.104. The molecule has 0 aliphatic heterocycles. The number of aromatic nitrogens is 1. The molecule has 0 fully saturated rings. The van der Waals surface area contributed by atoms with E-state index in [4.69, 9.17) is 0 Å². The van der Waals surface area contributed by atoms with Crippen LogP contribution in [0.3, 0.4) is 0 Å². The van der Waals surface area contributed by atoms with Crippen LogP contribution in [0, 0.1) is 0 Å². The normalized spacial score (nSPS) is 13.2. The SMILES string of the molecule is CCCCCCCC(C)[I-]Cc1ccc2c(c1)[nH]c1c2ccc2c1ccc1c3ccccc3sc12. The molecule has 0 aliphatic rings. The molecule has 0 saturated carbocycles. The van der Waals surface area contributed by atoms with Crippen molar-refractivity contribution in [3.63, 3.8) is 0 Å². The van der Waals surface area contributed by atoms with Gasteiger partial charge in [0.15, 0.2) is 0 Å². The number of H-pyrrole nitrogens is 1. The van der Waals surface area contributed by atoms with Crippen LogP contribution < -0.4 is 21.2 Å². The summed E-state index contributed by atoms with van der Waals surface area (Å²) in [6, 6.07) is 25.2. The van der Waals surface area contributed by atoms with Crippen LogP contribution in [0.15, 0.2) is 66.7 Å². The fourth-order valence-electron chi connectivity index (χ4n) is 5.42. The van der Waals surface area contributed by atoms with E-state index in [0.717, 1.165) is 3.92 Å². The Morgan fingerprint density at radius 2 is 1.49 bits per heavy atom. The van der Waals surface area contributed by atoms with E-state index in [1.807, 2.05) is 11.3 Å². The van der Waals surface area contributed by atoms with Gasteiger partial charge in [0.1, 0.15) is 0 Å². The van der Waals surface area contributed by atoms with E-state index in [2.05, 4.69) is 85.6 Å². The number of thiophene rings is 1. The summed E-state index contributed by atoms with van der Waals surface area (Å²) in [4.78, 5) is 3.82. The average Bonchev–Trinajstić information content (AvgIpc) is 3.45. The topological polar surface area (TPSA) is 15.8 Å². The zero-order valence-corrected chi connectivity index (χ0v) is 23.6. The predicted octanol–water partition coefficient (Wildman–Crippen LogP) is 7.18. The van der Waals surface area contributed by atoms with Crippen LogP contribution in [-0.4, -0.2) is 8.91 Å². The van der Waals surface area contributed by atoms with Gasteiger partial charge in [0.2, 0.25) is 0 Å². The molecule has 2 heterocycles. The zero-order chi connectivity index (χ0) is 23.8. The van der Waals surface area contributed by atoms with Crippen LogP contribution in [0.5, 0.6) is 0 Å². The second kappa shape index (κ2) is 10.1. The Labute approximate surface area is 222 Å². The van der Waals surface area contributed by atoms with E-state index in [0.29, 0.717) is 0 Å². The summed E-state index contributed by atoms with van der Waals surface area (Å²) < 4.78 is 4.97. The molecule has 2 aromatic heterocycles. The molecule has 1 atom stereocenters. The van der Waals surface area contributed by atoms with E-state index in [-0.39, 0.29) is 21.2 Å². The van der Waals surface area contributed by atoms with Gasteiger partial charge in [-0.05, 0) is 0 Å². The number of rotatable bonds is 9. The van der Waals surface area contributed by atoms with E-state index in [1.165, 1.54) is 101 Å². The van der Waals surface area contributed by atoms with Crippen LogP contribution in [-0.2, 0) is 4.43 Å². The van der Waals surface area contributed by atoms with Gasteiger partial charge >= 0.3 is 211 Å². The standard InChI is InChI=1S/C32H33INS/c1-3-4-5-6-7-10-21(2)33-20-22-13-14-23-25-15-18-28-26(31(25)34-29(23)19-22)16-17-27-24-11-8-9-12-30(24)35-32(27)28/h8-9,11-19,21,34H,3-7,10,20H2,1-2H3/q-1. The van der Waals surface area contributed by atoms with Crippen molar-refractivity contribution in [3.05, 3.63) is 72.3 Å². The van der Waals surface area contributed by atoms with Crippen molar-refractivity contribution < 1.29 is 21.2 Å². The molecule has 6 aromatic rings. The Morgan fingerprint density at radius 3 is 2.34 bits per heavy atom. The molecule has 0 bridgehead atoms. The molecule has 35 heavy (non-hydrogen) atoms. The molecular formula is C32H33INS-. The minimum atomic E-state index is 0.204. The molecule has 1 N–H and O–H groups in total. The molecule has 1 nitrogen and oxygen atoms in total. The molecule has 4 aromatic carbocycles. The number of nitrogens with one attached hydrogen (secondary N) is 1. The first-order valence-electron chi connectivity index (χ1n) is 13.1. The summed E-state index contributed by atoms with van der Waals surface area (Å²) in [5.41, 5.74) is 4.08. The zero-order valence-electron chi connectivity index (χ0n) is 20.7. The first kappa shape index (κ1) is 23.3. The van der Waals surface area contributed by atoms with Crippen molar-refractivity contribution in [3.8, 4) is 0 Å². The fourth-order valence-corrected chi connectivity index (χ4v) is 9.27. The Hall–Kier alpha value is -2.11. The number of aromatic amines is 1. The van der Waals surface area contributed by atoms with Gasteiger partial charge in [-0.3, -0.25) is 0 Å². The first-order chi connectivity index (χ1) is 17.2. The van der Waals surface area contributed by atoms with Gasteiger partial charge in [0.05, 0.1) is 0 Å². The molecule has 0 aliphatic carbocycles. The first-order valence-corrected chi connectivity index (χ1v) is 16.7. The fraction of sp³-hybridized carbons (Fsp3) is 0.312. The summed E-state index contributed by atoms with van der Waals surface area (Å²) in [7, 11) is 0. The number of benzene rings is 4. The maximum atomic E-state index is 3.82. The van der Waals surface area contributed by atoms with Crippen LogP contribution in [0.25, 0.3) is 52.8 Å². The molecule has 180 valence electrons. The van der Waals surface area contributed by atoms with Crippen LogP contribution in [0.4, 0.5) is 0 Å². The van der Waals surface area contributed by atoms with E-state index < -0.39 is 0 Å². The number of hydrogen-bond acceptors (Lipinski definition) is 1. The Bertz CT molecular complexity index is 1640. The van der Waals surface area contributed by atoms with Crippen LogP contribution in [0.1, 0.15) is 57.9 Å². The third kappa shape index (κ3) is 4.46. The van der Waals surface area contributed by atoms with Crippen molar-refractivity contribution in [2.24, 2.45) is 0 Å². The van der Waals surface area contributed by atoms with Crippen LogP contribution in [0.2, 0.25) is 0 Å². The number of alkyl halides is 2. The number of halogens is 1. The van der Waals surface area contributed by atoms with Crippen molar-refractivity contribution in [1.29, 1.82) is 0 Å². The number of fused-ring (bicyclic) bond motifs is 9. The number of unbranched alkanes of at least 4 members (excludes halogenated alkanes) is 4. The van der Waals surface area contributed by atoms with E-state index in [9.17, 15) is 0 Å². The Kier molecular flexibility index (Phi) is 6.72. The molecule has 0 radical (unpaired) electrons. The molecule has 0 amide bonds. The van der Waals surface area contributed by atoms with Crippen molar-refractivity contribution >= 4 is 64.1 Å². The maximum absolute atomic E-state index is 3.82. The van der Waals surface area contributed by atoms with Gasteiger partial charge in [-0.25, -0.2) is 0 Å². The summed E-state index contributed by atoms with van der Waals surface area (Å²) in [5.74, 6) is 0. The van der Waals surface area contributed by atoms with Crippen molar-refractivity contribution in [2.45, 2.75) is 60.7 Å². The second-order valence-corrected chi connectivity index (χ2v) is 14.7. The summed E-state index contributed by atoms with van der Waals surface area (Å²) >= 11 is 2.12. The van der Waals surface area contributed by atoms with Gasteiger partial charge in [-0.15, -0.1) is 0 Å². The summed E-state index contributed by atoms with van der Waals surface area (Å²) in [6.45, 7) is 4.78. The Morgan fingerprint density at radius 1 is 0.771 bits per heavy atom. The minimum absolute atomic E-state index is 0.204. The second-order valence-electron chi connectivity index (χ2n) is 9.90. The van der Waals surface area contributed by atoms with Gasteiger partial charge in [0.25, 0.3) is 0 Å². The molecule has 1 unspecified atom stereocenters. The summed E-state index contributed by atoms with van der Waals surface area (Å²) in [6.07, 6.45) is 8.42. The monoisotopic (exact) mass is 590 g/mol. The third-order valence-corrected chi connectivity index (χ3v) is 12.0. The molecule has 3 heteroatoms. The molecule has 0 spiro atoms. The molecular weight excluding hydrogens is 557 g/mol. The van der Waals surface area contributed by atoms with Gasteiger partial charge in [-0.2, -0.15) is 0 Å². The summed E-state index contributed by atoms with van der Waals surface area (Å²) in [5, 5.41) is 8.14. The van der Waals surface area contributed by atoms with Crippen LogP contribution >= 0.6 is 11.3 Å².